The highest BCUT2D eigenvalue weighted by Gasteiger charge is 2.15. The van der Waals surface area contributed by atoms with E-state index in [1.165, 1.54) is 7.11 Å². The summed E-state index contributed by atoms with van der Waals surface area (Å²) in [5, 5.41) is 2.79. The van der Waals surface area contributed by atoms with Crippen LogP contribution in [0.5, 0.6) is 0 Å². The van der Waals surface area contributed by atoms with Crippen molar-refractivity contribution in [1.29, 1.82) is 0 Å². The Hall–Kier alpha value is -1.10. The first-order chi connectivity index (χ1) is 7.99. The molecule has 100 valence electrons. The van der Waals surface area contributed by atoms with Crippen molar-refractivity contribution in [3.63, 3.8) is 0 Å². The van der Waals surface area contributed by atoms with Crippen LogP contribution in [0.3, 0.4) is 0 Å². The lowest BCUT2D eigenvalue weighted by Gasteiger charge is -2.15. The van der Waals surface area contributed by atoms with E-state index >= 15 is 0 Å². The molecule has 3 N–H and O–H groups in total. The van der Waals surface area contributed by atoms with Crippen LogP contribution in [0.15, 0.2) is 0 Å². The molecule has 0 fully saturated rings. The van der Waals surface area contributed by atoms with Gasteiger partial charge in [-0.3, -0.25) is 9.59 Å². The topological polar surface area (TPSA) is 81.4 Å². The summed E-state index contributed by atoms with van der Waals surface area (Å²) in [5.74, 6) is -0.141. The lowest BCUT2D eigenvalue weighted by molar-refractivity contribution is -0.140. The van der Waals surface area contributed by atoms with Crippen LogP contribution in [0.25, 0.3) is 0 Å². The summed E-state index contributed by atoms with van der Waals surface area (Å²) in [6, 6.07) is -0.440. The van der Waals surface area contributed by atoms with Gasteiger partial charge in [0.25, 0.3) is 0 Å². The molecule has 0 aromatic carbocycles. The molecule has 0 aliphatic carbocycles. The third-order valence-electron chi connectivity index (χ3n) is 2.61. The zero-order chi connectivity index (χ0) is 13.3. The average Bonchev–Trinajstić information content (AvgIpc) is 2.31. The number of carbonyl (C=O) groups excluding carboxylic acids is 2. The third kappa shape index (κ3) is 7.74. The first-order valence-electron chi connectivity index (χ1n) is 6.09. The molecule has 0 aromatic rings. The van der Waals surface area contributed by atoms with E-state index in [1.54, 1.807) is 0 Å². The molecule has 1 atom stereocenters. The van der Waals surface area contributed by atoms with Crippen LogP contribution < -0.4 is 11.1 Å². The molecular formula is C12H24N2O3. The second kappa shape index (κ2) is 8.98. The monoisotopic (exact) mass is 244 g/mol. The van der Waals surface area contributed by atoms with Gasteiger partial charge in [-0.1, -0.05) is 20.3 Å². The van der Waals surface area contributed by atoms with Crippen LogP contribution >= 0.6 is 0 Å². The average molecular weight is 244 g/mol. The fourth-order valence-corrected chi connectivity index (χ4v) is 1.31. The summed E-state index contributed by atoms with van der Waals surface area (Å²) in [7, 11) is 1.38. The van der Waals surface area contributed by atoms with E-state index in [4.69, 9.17) is 5.73 Å². The highest BCUT2D eigenvalue weighted by molar-refractivity contribution is 5.81. The Labute approximate surface area is 103 Å². The Kier molecular flexibility index (Phi) is 8.40. The smallest absolute Gasteiger partial charge is 0.305 e. The molecule has 0 rings (SSSR count). The third-order valence-corrected chi connectivity index (χ3v) is 2.61. The molecule has 17 heavy (non-hydrogen) atoms. The second-order valence-electron chi connectivity index (χ2n) is 4.45. The highest BCUT2D eigenvalue weighted by atomic mass is 16.5. The van der Waals surface area contributed by atoms with Crippen molar-refractivity contribution >= 4 is 11.9 Å². The van der Waals surface area contributed by atoms with Gasteiger partial charge in [-0.2, -0.15) is 0 Å². The quantitative estimate of drug-likeness (QED) is 0.489. The van der Waals surface area contributed by atoms with Crippen LogP contribution in [0.4, 0.5) is 0 Å². The van der Waals surface area contributed by atoms with Gasteiger partial charge in [-0.25, -0.2) is 0 Å². The van der Waals surface area contributed by atoms with E-state index in [1.807, 2.05) is 13.8 Å². The minimum Gasteiger partial charge on any atom is -0.469 e. The first kappa shape index (κ1) is 15.9. The van der Waals surface area contributed by atoms with Crippen LogP contribution in [0.1, 0.15) is 39.5 Å². The highest BCUT2D eigenvalue weighted by Crippen LogP contribution is 2.01. The standard InChI is InChI=1S/C12H24N2O3/c1-9(2)11(13)12(16)14-8-6-4-5-7-10(15)17-3/h9,11H,4-8,13H2,1-3H3,(H,14,16)/t11-/m0/s1. The normalized spacial score (nSPS) is 12.3. The van der Waals surface area contributed by atoms with Crippen LogP contribution in [0.2, 0.25) is 0 Å². The molecule has 0 radical (unpaired) electrons. The van der Waals surface area contributed by atoms with Gasteiger partial charge in [0.15, 0.2) is 0 Å². The summed E-state index contributed by atoms with van der Waals surface area (Å²) in [5.41, 5.74) is 5.69. The zero-order valence-corrected chi connectivity index (χ0v) is 11.0. The minimum absolute atomic E-state index is 0.104. The Balaban J connectivity index is 3.46. The number of unbranched alkanes of at least 4 members (excludes halogenated alkanes) is 2. The molecule has 1 amide bonds. The van der Waals surface area contributed by atoms with Gasteiger partial charge in [0.1, 0.15) is 0 Å². The van der Waals surface area contributed by atoms with Gasteiger partial charge in [0.05, 0.1) is 13.2 Å². The van der Waals surface area contributed by atoms with E-state index in [9.17, 15) is 9.59 Å². The Morgan fingerprint density at radius 2 is 1.88 bits per heavy atom. The number of esters is 1. The number of rotatable bonds is 8. The summed E-state index contributed by atoms with van der Waals surface area (Å²) in [4.78, 5) is 22.3. The van der Waals surface area contributed by atoms with Gasteiger partial charge < -0.3 is 15.8 Å². The van der Waals surface area contributed by atoms with Crippen molar-refractivity contribution < 1.29 is 14.3 Å². The van der Waals surface area contributed by atoms with Gasteiger partial charge in [0.2, 0.25) is 5.91 Å². The molecule has 0 aromatic heterocycles. The first-order valence-corrected chi connectivity index (χ1v) is 6.09. The lowest BCUT2D eigenvalue weighted by Crippen LogP contribution is -2.44. The second-order valence-corrected chi connectivity index (χ2v) is 4.45. The minimum atomic E-state index is -0.440. The lowest BCUT2D eigenvalue weighted by atomic mass is 10.1. The maximum absolute atomic E-state index is 11.5. The van der Waals surface area contributed by atoms with E-state index in [-0.39, 0.29) is 17.8 Å². The van der Waals surface area contributed by atoms with E-state index in [0.29, 0.717) is 13.0 Å². The Morgan fingerprint density at radius 1 is 1.24 bits per heavy atom. The van der Waals surface area contributed by atoms with Crippen molar-refractivity contribution in [3.05, 3.63) is 0 Å². The fraction of sp³-hybridized carbons (Fsp3) is 0.833. The maximum Gasteiger partial charge on any atom is 0.305 e. The van der Waals surface area contributed by atoms with Gasteiger partial charge in [-0.05, 0) is 18.8 Å². The number of methoxy groups -OCH3 is 1. The fourth-order valence-electron chi connectivity index (χ4n) is 1.31. The summed E-state index contributed by atoms with van der Waals surface area (Å²) in [6.07, 6.45) is 2.98. The van der Waals surface area contributed by atoms with Crippen molar-refractivity contribution in [1.82, 2.24) is 5.32 Å². The number of amides is 1. The molecule has 0 unspecified atom stereocenters. The number of nitrogens with two attached hydrogens (primary N) is 1. The molecule has 0 aliphatic heterocycles. The predicted octanol–water partition coefficient (Wildman–Crippen LogP) is 0.819. The maximum atomic E-state index is 11.5. The van der Waals surface area contributed by atoms with Crippen molar-refractivity contribution in [2.24, 2.45) is 11.7 Å². The van der Waals surface area contributed by atoms with E-state index in [2.05, 4.69) is 10.1 Å². The van der Waals surface area contributed by atoms with Gasteiger partial charge in [0, 0.05) is 13.0 Å². The summed E-state index contributed by atoms with van der Waals surface area (Å²) in [6.45, 7) is 4.45. The number of hydrogen-bond acceptors (Lipinski definition) is 4. The number of carbonyl (C=O) groups is 2. The summed E-state index contributed by atoms with van der Waals surface area (Å²) < 4.78 is 4.53. The van der Waals surface area contributed by atoms with Gasteiger partial charge >= 0.3 is 5.97 Å². The van der Waals surface area contributed by atoms with Gasteiger partial charge in [-0.15, -0.1) is 0 Å². The molecule has 5 heteroatoms. The Morgan fingerprint density at radius 3 is 2.41 bits per heavy atom. The molecule has 5 nitrogen and oxygen atoms in total. The van der Waals surface area contributed by atoms with E-state index < -0.39 is 6.04 Å². The molecular weight excluding hydrogens is 220 g/mol. The zero-order valence-electron chi connectivity index (χ0n) is 11.0. The molecule has 0 saturated heterocycles. The molecule has 0 saturated carbocycles. The molecule has 0 aliphatic rings. The Bertz CT molecular complexity index is 242. The molecule has 0 spiro atoms. The predicted molar refractivity (Wildman–Crippen MR) is 66.3 cm³/mol. The number of ether oxygens (including phenoxy) is 1. The van der Waals surface area contributed by atoms with Crippen LogP contribution in [-0.2, 0) is 14.3 Å². The van der Waals surface area contributed by atoms with Crippen molar-refractivity contribution in [2.45, 2.75) is 45.6 Å². The van der Waals surface area contributed by atoms with E-state index in [0.717, 1.165) is 19.3 Å². The molecule has 0 bridgehead atoms. The summed E-state index contributed by atoms with van der Waals surface area (Å²) >= 11 is 0. The van der Waals surface area contributed by atoms with Crippen LogP contribution in [-0.4, -0.2) is 31.6 Å². The number of nitrogens with one attached hydrogen (secondary N) is 1. The molecule has 0 heterocycles. The van der Waals surface area contributed by atoms with Crippen LogP contribution in [0, 0.1) is 5.92 Å². The van der Waals surface area contributed by atoms with Crippen molar-refractivity contribution in [2.75, 3.05) is 13.7 Å². The van der Waals surface area contributed by atoms with Crippen molar-refractivity contribution in [3.8, 4) is 0 Å². The number of hydrogen-bond donors (Lipinski definition) is 2. The SMILES string of the molecule is COC(=O)CCCCCNC(=O)[C@@H](N)C(C)C. The largest absolute Gasteiger partial charge is 0.469 e.